The van der Waals surface area contributed by atoms with Gasteiger partial charge >= 0.3 is 0 Å². The van der Waals surface area contributed by atoms with E-state index in [4.69, 9.17) is 0 Å². The molecule has 0 spiro atoms. The van der Waals surface area contributed by atoms with E-state index in [9.17, 15) is 0 Å². The maximum absolute atomic E-state index is 2.51. The maximum atomic E-state index is 2.51. The molecule has 10 aromatic carbocycles. The number of hydrogen-bond donors (Lipinski definition) is 0. The van der Waals surface area contributed by atoms with Crippen LogP contribution in [0, 0.1) is 0 Å². The van der Waals surface area contributed by atoms with Crippen LogP contribution < -0.4 is 4.90 Å². The van der Waals surface area contributed by atoms with E-state index in [1.54, 1.807) is 0 Å². The van der Waals surface area contributed by atoms with Gasteiger partial charge < -0.3 is 9.47 Å². The first-order valence-corrected chi connectivity index (χ1v) is 23.1. The summed E-state index contributed by atoms with van der Waals surface area (Å²) in [6, 6.07) is 89.9. The number of hydrogen-bond acceptors (Lipinski definition) is 1. The van der Waals surface area contributed by atoms with Crippen LogP contribution in [0.3, 0.4) is 0 Å². The van der Waals surface area contributed by atoms with Gasteiger partial charge in [0, 0.05) is 33.2 Å². The van der Waals surface area contributed by atoms with Crippen molar-refractivity contribution in [3.05, 3.63) is 276 Å². The standard InChI is InChI=1S/C64H46N2/c1-63(2)56-27-13-9-22-50(56)54-26-17-31-61(62(54)63)65(47-36-32-43(33-37-47)44-34-38-48(39-35-44)66-59-29-15-11-24-52(59)53-25-12-16-30-60(53)66)49-40-41-58-55(42-49)51-23-10-14-28-57(51)64(58,45-18-5-3-6-19-45)46-20-7-4-8-21-46/h3-42H,1-2H3. The zero-order chi connectivity index (χ0) is 44.0. The molecule has 1 aromatic heterocycles. The summed E-state index contributed by atoms with van der Waals surface area (Å²) < 4.78 is 2.38. The van der Waals surface area contributed by atoms with E-state index < -0.39 is 5.41 Å². The number of aromatic nitrogens is 1. The normalized spacial score (nSPS) is 13.8. The predicted octanol–water partition coefficient (Wildman–Crippen LogP) is 16.6. The third-order valence-electron chi connectivity index (χ3n) is 14.7. The molecular formula is C64H46N2. The Labute approximate surface area is 386 Å². The summed E-state index contributed by atoms with van der Waals surface area (Å²) in [6.07, 6.45) is 0. The maximum Gasteiger partial charge on any atom is 0.0713 e. The molecule has 2 aliphatic rings. The van der Waals surface area contributed by atoms with Crippen LogP contribution in [0.5, 0.6) is 0 Å². The Kier molecular flexibility index (Phi) is 8.51. The summed E-state index contributed by atoms with van der Waals surface area (Å²) in [6.45, 7) is 4.77. The number of para-hydroxylation sites is 2. The van der Waals surface area contributed by atoms with E-state index in [0.29, 0.717) is 0 Å². The van der Waals surface area contributed by atoms with Crippen LogP contribution >= 0.6 is 0 Å². The molecule has 312 valence electrons. The second-order valence-electron chi connectivity index (χ2n) is 18.4. The zero-order valence-corrected chi connectivity index (χ0v) is 37.0. The smallest absolute Gasteiger partial charge is 0.0713 e. The largest absolute Gasteiger partial charge is 0.310 e. The fourth-order valence-corrected chi connectivity index (χ4v) is 11.8. The van der Waals surface area contributed by atoms with Gasteiger partial charge in [-0.25, -0.2) is 0 Å². The van der Waals surface area contributed by atoms with Gasteiger partial charge in [0.25, 0.3) is 0 Å². The van der Waals surface area contributed by atoms with Crippen molar-refractivity contribution < 1.29 is 0 Å². The monoisotopic (exact) mass is 842 g/mol. The molecule has 0 saturated heterocycles. The zero-order valence-electron chi connectivity index (χ0n) is 37.0. The molecule has 2 heteroatoms. The third kappa shape index (κ3) is 5.48. The third-order valence-corrected chi connectivity index (χ3v) is 14.7. The lowest BCUT2D eigenvalue weighted by Gasteiger charge is -2.35. The van der Waals surface area contributed by atoms with Crippen LogP contribution in [0.4, 0.5) is 17.1 Å². The molecule has 0 bridgehead atoms. The Balaban J connectivity index is 0.968. The van der Waals surface area contributed by atoms with E-state index in [2.05, 4.69) is 266 Å². The fraction of sp³-hybridized carbons (Fsp3) is 0.0625. The van der Waals surface area contributed by atoms with Gasteiger partial charge in [0.05, 0.1) is 22.1 Å². The summed E-state index contributed by atoms with van der Waals surface area (Å²) in [5.74, 6) is 0. The summed E-state index contributed by atoms with van der Waals surface area (Å²) in [7, 11) is 0. The number of rotatable bonds is 7. The topological polar surface area (TPSA) is 8.17 Å². The van der Waals surface area contributed by atoms with Crippen LogP contribution in [-0.2, 0) is 10.8 Å². The van der Waals surface area contributed by atoms with E-state index in [1.807, 2.05) is 0 Å². The van der Waals surface area contributed by atoms with Gasteiger partial charge in [0.15, 0.2) is 0 Å². The van der Waals surface area contributed by atoms with Gasteiger partial charge in [0.2, 0.25) is 0 Å². The molecule has 0 N–H and O–H groups in total. The van der Waals surface area contributed by atoms with Crippen molar-refractivity contribution in [2.75, 3.05) is 4.90 Å². The van der Waals surface area contributed by atoms with E-state index in [1.165, 1.54) is 94.3 Å². The highest BCUT2D eigenvalue weighted by molar-refractivity contribution is 6.09. The Bertz CT molecular complexity index is 3560. The molecule has 0 radical (unpaired) electrons. The van der Waals surface area contributed by atoms with Gasteiger partial charge in [-0.1, -0.05) is 202 Å². The number of benzene rings is 10. The lowest BCUT2D eigenvalue weighted by atomic mass is 9.68. The molecule has 11 aromatic rings. The van der Waals surface area contributed by atoms with E-state index >= 15 is 0 Å². The van der Waals surface area contributed by atoms with Crippen molar-refractivity contribution in [3.8, 4) is 39.1 Å². The molecule has 0 atom stereocenters. The van der Waals surface area contributed by atoms with Crippen molar-refractivity contribution in [1.29, 1.82) is 0 Å². The quantitative estimate of drug-likeness (QED) is 0.155. The minimum Gasteiger partial charge on any atom is -0.310 e. The molecule has 66 heavy (non-hydrogen) atoms. The second kappa shape index (κ2) is 14.7. The van der Waals surface area contributed by atoms with Crippen LogP contribution in [0.1, 0.15) is 47.2 Å². The van der Waals surface area contributed by atoms with Gasteiger partial charge in [0.1, 0.15) is 0 Å². The first-order chi connectivity index (χ1) is 32.5. The summed E-state index contributed by atoms with van der Waals surface area (Å²) in [5, 5.41) is 2.54. The molecule has 0 unspecified atom stereocenters. The number of nitrogens with zero attached hydrogens (tertiary/aromatic N) is 2. The average molecular weight is 843 g/mol. The van der Waals surface area contributed by atoms with Gasteiger partial charge in [-0.05, 0) is 121 Å². The highest BCUT2D eigenvalue weighted by atomic mass is 15.1. The first kappa shape index (κ1) is 38.3. The predicted molar refractivity (Wildman–Crippen MR) is 276 cm³/mol. The minimum absolute atomic E-state index is 0.210. The summed E-state index contributed by atoms with van der Waals surface area (Å²) >= 11 is 0. The fourth-order valence-electron chi connectivity index (χ4n) is 11.8. The number of fused-ring (bicyclic) bond motifs is 9. The van der Waals surface area contributed by atoms with E-state index in [0.717, 1.165) is 17.1 Å². The van der Waals surface area contributed by atoms with Crippen LogP contribution in [0.15, 0.2) is 243 Å². The number of anilines is 3. The molecule has 2 nitrogen and oxygen atoms in total. The van der Waals surface area contributed by atoms with Crippen molar-refractivity contribution in [2.24, 2.45) is 0 Å². The molecule has 0 fully saturated rings. The summed E-state index contributed by atoms with van der Waals surface area (Å²) in [5.41, 5.74) is 21.7. The van der Waals surface area contributed by atoms with Gasteiger partial charge in [-0.3, -0.25) is 0 Å². The lowest BCUT2D eigenvalue weighted by molar-refractivity contribution is 0.661. The minimum atomic E-state index is -0.464. The Hall–Kier alpha value is -8.20. The highest BCUT2D eigenvalue weighted by Crippen LogP contribution is 2.58. The van der Waals surface area contributed by atoms with Crippen molar-refractivity contribution in [1.82, 2.24) is 4.57 Å². The molecule has 0 amide bonds. The van der Waals surface area contributed by atoms with Crippen LogP contribution in [-0.4, -0.2) is 4.57 Å². The van der Waals surface area contributed by atoms with Crippen molar-refractivity contribution in [2.45, 2.75) is 24.7 Å². The van der Waals surface area contributed by atoms with Gasteiger partial charge in [-0.15, -0.1) is 0 Å². The van der Waals surface area contributed by atoms with Crippen molar-refractivity contribution >= 4 is 38.9 Å². The molecule has 1 heterocycles. The SMILES string of the molecule is CC1(C)c2ccccc2-c2cccc(N(c3ccc(-c4ccc(-n5c6ccccc6c6ccccc65)cc4)cc3)c3ccc4c(c3)-c3ccccc3C4(c3ccccc3)c3ccccc3)c21. The Morgan fingerprint density at radius 1 is 0.364 bits per heavy atom. The Morgan fingerprint density at radius 2 is 0.848 bits per heavy atom. The van der Waals surface area contributed by atoms with Crippen LogP contribution in [0.2, 0.25) is 0 Å². The first-order valence-electron chi connectivity index (χ1n) is 23.1. The molecule has 13 rings (SSSR count). The average Bonchev–Trinajstić information content (AvgIpc) is 3.96. The Morgan fingerprint density at radius 3 is 1.48 bits per heavy atom. The second-order valence-corrected chi connectivity index (χ2v) is 18.4. The van der Waals surface area contributed by atoms with Crippen LogP contribution in [0.25, 0.3) is 60.9 Å². The molecule has 2 aliphatic carbocycles. The van der Waals surface area contributed by atoms with Crippen molar-refractivity contribution in [3.63, 3.8) is 0 Å². The van der Waals surface area contributed by atoms with Gasteiger partial charge in [-0.2, -0.15) is 0 Å². The lowest BCUT2D eigenvalue weighted by Crippen LogP contribution is -2.28. The highest BCUT2D eigenvalue weighted by Gasteiger charge is 2.46. The molecular weight excluding hydrogens is 797 g/mol. The summed E-state index contributed by atoms with van der Waals surface area (Å²) in [4.78, 5) is 2.51. The molecule has 0 aliphatic heterocycles. The van der Waals surface area contributed by atoms with E-state index in [-0.39, 0.29) is 5.41 Å². The molecule has 0 saturated carbocycles.